The molecule has 0 unspecified atom stereocenters. The second-order valence-corrected chi connectivity index (χ2v) is 17.2. The number of sulfonamides is 1. The van der Waals surface area contributed by atoms with Crippen LogP contribution in [0.5, 0.6) is 5.88 Å². The van der Waals surface area contributed by atoms with Crippen molar-refractivity contribution in [1.82, 2.24) is 24.9 Å². The zero-order chi connectivity index (χ0) is 37.0. The Labute approximate surface area is 290 Å². The summed E-state index contributed by atoms with van der Waals surface area (Å²) >= 11 is 0. The molecule has 2 aromatic rings. The number of nitrogens with one attached hydrogen (secondary N) is 2. The smallest absolute Gasteiger partial charge is 0.408 e. The number of carbonyl (C=O) groups is 4. The highest BCUT2D eigenvalue weighted by Crippen LogP contribution is 2.49. The standard InChI is InChI=1S/C34H45FN6O8S/c1-8-20-17-34(20,30(44)39-50(46,47)23-11-12-23)41(36)28(42)25-16-22(48-27-24-15-21(35)10-9-19(24)13-14-37-27)18-40(25)29(43)26(32(2,3)4)38-31(45)49-33(5,6)7/h8-10,13-15,20,22-23,25-26H,1,11-12,16-18,36H2,2-7H3,(H,38,45)(H,39,44)/t20-,22-,25+,26-,34-/m1/s1. The van der Waals surface area contributed by atoms with Gasteiger partial charge in [-0.15, -0.1) is 6.58 Å². The molecule has 3 aliphatic rings. The summed E-state index contributed by atoms with van der Waals surface area (Å²) in [5.74, 6) is 2.88. The fraction of sp³-hybridized carbons (Fsp3) is 0.559. The molecule has 4 amide bonds. The largest absolute Gasteiger partial charge is 0.472 e. The molecule has 14 nitrogen and oxygen atoms in total. The van der Waals surface area contributed by atoms with Crippen LogP contribution in [0.15, 0.2) is 43.1 Å². The van der Waals surface area contributed by atoms with E-state index in [1.165, 1.54) is 29.3 Å². The molecule has 1 saturated heterocycles. The number of benzene rings is 1. The molecule has 3 fully saturated rings. The van der Waals surface area contributed by atoms with Crippen LogP contribution in [0.1, 0.15) is 67.2 Å². The van der Waals surface area contributed by atoms with Gasteiger partial charge in [-0.25, -0.2) is 28.4 Å². The Morgan fingerprint density at radius 3 is 2.42 bits per heavy atom. The first-order valence-corrected chi connectivity index (χ1v) is 18.0. The maximum atomic E-state index is 14.4. The lowest BCUT2D eigenvalue weighted by atomic mass is 9.85. The Morgan fingerprint density at radius 2 is 1.84 bits per heavy atom. The average Bonchev–Trinajstić information content (AvgIpc) is 3.94. The molecule has 50 heavy (non-hydrogen) atoms. The zero-order valence-corrected chi connectivity index (χ0v) is 29.9. The minimum absolute atomic E-state index is 0.0155. The van der Waals surface area contributed by atoms with Crippen LogP contribution in [0.2, 0.25) is 0 Å². The van der Waals surface area contributed by atoms with Crippen LogP contribution in [-0.2, 0) is 29.1 Å². The number of hydrogen-bond donors (Lipinski definition) is 3. The van der Waals surface area contributed by atoms with Crippen molar-refractivity contribution in [2.24, 2.45) is 17.2 Å². The molecule has 0 spiro atoms. The van der Waals surface area contributed by atoms with Crippen molar-refractivity contribution < 1.29 is 41.5 Å². The highest BCUT2D eigenvalue weighted by atomic mass is 32.2. The molecule has 4 N–H and O–H groups in total. The number of hydrogen-bond acceptors (Lipinski definition) is 10. The number of nitrogens with zero attached hydrogens (tertiary/aromatic N) is 3. The van der Waals surface area contributed by atoms with Crippen LogP contribution in [0.4, 0.5) is 9.18 Å². The number of pyridine rings is 1. The summed E-state index contributed by atoms with van der Waals surface area (Å²) in [6, 6.07) is 3.31. The molecule has 0 radical (unpaired) electrons. The Hall–Kier alpha value is -4.31. The number of carbonyl (C=O) groups excluding carboxylic acids is 4. The van der Waals surface area contributed by atoms with Gasteiger partial charge in [0.1, 0.15) is 35.1 Å². The van der Waals surface area contributed by atoms with Crippen molar-refractivity contribution in [1.29, 1.82) is 0 Å². The molecule has 1 aromatic heterocycles. The molecule has 2 aliphatic carbocycles. The van der Waals surface area contributed by atoms with Crippen LogP contribution in [0, 0.1) is 17.2 Å². The van der Waals surface area contributed by atoms with Gasteiger partial charge in [-0.3, -0.25) is 24.1 Å². The second kappa shape index (κ2) is 13.1. The third-order valence-electron chi connectivity index (χ3n) is 9.10. The van der Waals surface area contributed by atoms with Crippen LogP contribution < -0.4 is 20.6 Å². The van der Waals surface area contributed by atoms with E-state index >= 15 is 0 Å². The van der Waals surface area contributed by atoms with Gasteiger partial charge >= 0.3 is 6.09 Å². The summed E-state index contributed by atoms with van der Waals surface area (Å²) in [6.07, 6.45) is 1.92. The van der Waals surface area contributed by atoms with E-state index in [0.717, 1.165) is 0 Å². The molecule has 5 atom stereocenters. The molecule has 5 rings (SSSR count). The van der Waals surface area contributed by atoms with Gasteiger partial charge in [-0.1, -0.05) is 32.9 Å². The lowest BCUT2D eigenvalue weighted by Crippen LogP contribution is -2.63. The molecule has 16 heteroatoms. The first-order chi connectivity index (χ1) is 23.2. The van der Waals surface area contributed by atoms with Gasteiger partial charge in [0.05, 0.1) is 11.8 Å². The van der Waals surface area contributed by atoms with Gasteiger partial charge in [-0.05, 0) is 69.0 Å². The van der Waals surface area contributed by atoms with E-state index in [2.05, 4.69) is 21.6 Å². The van der Waals surface area contributed by atoms with Crippen molar-refractivity contribution in [2.45, 2.75) is 102 Å². The highest BCUT2D eigenvalue weighted by molar-refractivity contribution is 7.91. The van der Waals surface area contributed by atoms with Gasteiger partial charge in [-0.2, -0.15) is 0 Å². The minimum atomic E-state index is -3.98. The van der Waals surface area contributed by atoms with E-state index in [9.17, 15) is 32.0 Å². The van der Waals surface area contributed by atoms with Crippen molar-refractivity contribution in [3.63, 3.8) is 0 Å². The number of likely N-dealkylation sites (tertiary alicyclic amines) is 1. The Kier molecular flexibility index (Phi) is 9.68. The van der Waals surface area contributed by atoms with E-state index in [0.29, 0.717) is 28.6 Å². The van der Waals surface area contributed by atoms with Crippen molar-refractivity contribution in [3.05, 3.63) is 48.9 Å². The van der Waals surface area contributed by atoms with Gasteiger partial charge in [0.25, 0.3) is 11.8 Å². The summed E-state index contributed by atoms with van der Waals surface area (Å²) in [5, 5.41) is 3.67. The van der Waals surface area contributed by atoms with Gasteiger partial charge in [0.15, 0.2) is 0 Å². The Morgan fingerprint density at radius 1 is 1.16 bits per heavy atom. The highest BCUT2D eigenvalue weighted by Gasteiger charge is 2.66. The number of hydrazine groups is 1. The summed E-state index contributed by atoms with van der Waals surface area (Å²) in [5.41, 5.74) is -3.50. The molecule has 272 valence electrons. The molecular formula is C34H45FN6O8S. The maximum Gasteiger partial charge on any atom is 0.408 e. The van der Waals surface area contributed by atoms with Crippen LogP contribution in [0.25, 0.3) is 10.8 Å². The molecule has 1 aromatic carbocycles. The van der Waals surface area contributed by atoms with Crippen molar-refractivity contribution in [3.8, 4) is 5.88 Å². The van der Waals surface area contributed by atoms with Crippen LogP contribution in [0.3, 0.4) is 0 Å². The second-order valence-electron chi connectivity index (χ2n) is 15.3. The van der Waals surface area contributed by atoms with Crippen LogP contribution in [-0.4, -0.2) is 88.2 Å². The zero-order valence-electron chi connectivity index (χ0n) is 29.1. The van der Waals surface area contributed by atoms with Gasteiger partial charge in [0, 0.05) is 23.9 Å². The molecule has 0 bridgehead atoms. The van der Waals surface area contributed by atoms with E-state index in [4.69, 9.17) is 15.3 Å². The van der Waals surface area contributed by atoms with Gasteiger partial charge < -0.3 is 19.7 Å². The fourth-order valence-electron chi connectivity index (χ4n) is 6.20. The van der Waals surface area contributed by atoms with Crippen molar-refractivity contribution in [2.75, 3.05) is 6.54 Å². The Bertz CT molecular complexity index is 1820. The van der Waals surface area contributed by atoms with E-state index < -0.39 is 85.6 Å². The SMILES string of the molecule is C=C[C@@H]1C[C@@]1(C(=O)NS(=O)(=O)C1CC1)N(N)C(=O)[C@@H]1C[C@@H](Oc2nccc3ccc(F)cc23)CN1C(=O)[C@@H](NC(=O)OC(C)(C)C)C(C)(C)C. The summed E-state index contributed by atoms with van der Waals surface area (Å²) < 4.78 is 53.3. The lowest BCUT2D eigenvalue weighted by Gasteiger charge is -2.37. The summed E-state index contributed by atoms with van der Waals surface area (Å²) in [7, 11) is -3.98. The van der Waals surface area contributed by atoms with Gasteiger partial charge in [0.2, 0.25) is 21.8 Å². The fourth-order valence-corrected chi connectivity index (χ4v) is 7.56. The van der Waals surface area contributed by atoms with E-state index in [1.807, 2.05) is 0 Å². The summed E-state index contributed by atoms with van der Waals surface area (Å²) in [6.45, 7) is 13.8. The monoisotopic (exact) mass is 716 g/mol. The van der Waals surface area contributed by atoms with E-state index in [-0.39, 0.29) is 25.3 Å². The molecule has 2 heterocycles. The third-order valence-corrected chi connectivity index (χ3v) is 10.9. The lowest BCUT2D eigenvalue weighted by molar-refractivity contribution is -0.151. The van der Waals surface area contributed by atoms with Crippen LogP contribution >= 0.6 is 0 Å². The number of rotatable bonds is 10. The molecular weight excluding hydrogens is 671 g/mol. The first-order valence-electron chi connectivity index (χ1n) is 16.5. The number of amides is 4. The number of nitrogens with two attached hydrogens (primary N) is 1. The summed E-state index contributed by atoms with van der Waals surface area (Å²) in [4.78, 5) is 60.7. The predicted octanol–water partition coefficient (Wildman–Crippen LogP) is 2.92. The molecule has 1 aliphatic heterocycles. The van der Waals surface area contributed by atoms with Crippen molar-refractivity contribution >= 4 is 44.6 Å². The number of aromatic nitrogens is 1. The minimum Gasteiger partial charge on any atom is -0.472 e. The number of halogens is 1. The average molecular weight is 717 g/mol. The number of fused-ring (bicyclic) bond motifs is 1. The normalized spacial score (nSPS) is 24.2. The number of ether oxygens (including phenoxy) is 2. The quantitative estimate of drug-likeness (QED) is 0.143. The Balaban J connectivity index is 1.48. The first kappa shape index (κ1) is 37.0. The maximum absolute atomic E-state index is 14.4. The molecule has 2 saturated carbocycles. The topological polar surface area (TPSA) is 190 Å². The predicted molar refractivity (Wildman–Crippen MR) is 181 cm³/mol. The third kappa shape index (κ3) is 7.55. The number of alkyl carbamates (subject to hydrolysis) is 1. The van der Waals surface area contributed by atoms with E-state index in [1.54, 1.807) is 53.7 Å².